The Morgan fingerprint density at radius 2 is 2.28 bits per heavy atom. The maximum Gasteiger partial charge on any atom is 0.323 e. The molecule has 1 aliphatic heterocycles. The number of rotatable bonds is 3. The third kappa shape index (κ3) is 3.33. The smallest absolute Gasteiger partial charge is 0.323 e. The van der Waals surface area contributed by atoms with Gasteiger partial charge in [-0.3, -0.25) is 9.69 Å². The van der Waals surface area contributed by atoms with Gasteiger partial charge in [0.15, 0.2) is 0 Å². The first kappa shape index (κ1) is 13.6. The minimum atomic E-state index is -0.0581. The van der Waals surface area contributed by atoms with E-state index in [0.717, 1.165) is 51.9 Å². The highest BCUT2D eigenvalue weighted by molar-refractivity contribution is 5.76. The Hall–Kier alpha value is -0.870. The van der Waals surface area contributed by atoms with Gasteiger partial charge in [-0.1, -0.05) is 12.2 Å². The van der Waals surface area contributed by atoms with E-state index in [1.54, 1.807) is 0 Å². The van der Waals surface area contributed by atoms with Crippen LogP contribution in [0, 0.1) is 5.92 Å². The number of nitrogens with zero attached hydrogens (tertiary/aromatic N) is 1. The number of esters is 1. The summed E-state index contributed by atoms with van der Waals surface area (Å²) in [4.78, 5) is 14.4. The fourth-order valence-corrected chi connectivity index (χ4v) is 3.01. The van der Waals surface area contributed by atoms with Crippen molar-refractivity contribution in [3.63, 3.8) is 0 Å². The van der Waals surface area contributed by atoms with Crippen molar-refractivity contribution in [3.05, 3.63) is 12.2 Å². The SMILES string of the molecule is COC(=O)C(C1CC=CCC1)N1CCCNCC1. The van der Waals surface area contributed by atoms with Crippen LogP contribution < -0.4 is 5.32 Å². The molecule has 2 aliphatic rings. The van der Waals surface area contributed by atoms with Crippen molar-refractivity contribution in [2.45, 2.75) is 31.7 Å². The molecule has 1 fully saturated rings. The van der Waals surface area contributed by atoms with Gasteiger partial charge in [0.25, 0.3) is 0 Å². The number of ether oxygens (including phenoxy) is 1. The largest absolute Gasteiger partial charge is 0.468 e. The number of hydrogen-bond donors (Lipinski definition) is 1. The zero-order valence-corrected chi connectivity index (χ0v) is 11.2. The molecular weight excluding hydrogens is 228 g/mol. The number of carbonyl (C=O) groups is 1. The highest BCUT2D eigenvalue weighted by Gasteiger charge is 2.34. The highest BCUT2D eigenvalue weighted by Crippen LogP contribution is 2.26. The second-order valence-corrected chi connectivity index (χ2v) is 5.15. The molecule has 0 aromatic rings. The molecule has 4 heteroatoms. The van der Waals surface area contributed by atoms with Crippen LogP contribution in [-0.2, 0) is 9.53 Å². The summed E-state index contributed by atoms with van der Waals surface area (Å²) in [6, 6.07) is -0.0557. The van der Waals surface area contributed by atoms with Crippen LogP contribution in [0.25, 0.3) is 0 Å². The zero-order valence-electron chi connectivity index (χ0n) is 11.2. The van der Waals surface area contributed by atoms with Crippen molar-refractivity contribution < 1.29 is 9.53 Å². The van der Waals surface area contributed by atoms with Crippen LogP contribution in [0.4, 0.5) is 0 Å². The van der Waals surface area contributed by atoms with Crippen LogP contribution in [0.3, 0.4) is 0 Å². The number of carbonyl (C=O) groups excluding carboxylic acids is 1. The van der Waals surface area contributed by atoms with Gasteiger partial charge in [0.1, 0.15) is 6.04 Å². The number of nitrogens with one attached hydrogen (secondary N) is 1. The van der Waals surface area contributed by atoms with E-state index in [-0.39, 0.29) is 12.0 Å². The summed E-state index contributed by atoms with van der Waals surface area (Å²) >= 11 is 0. The van der Waals surface area contributed by atoms with Gasteiger partial charge in [-0.2, -0.15) is 0 Å². The van der Waals surface area contributed by atoms with Crippen molar-refractivity contribution in [2.75, 3.05) is 33.3 Å². The molecule has 1 N–H and O–H groups in total. The van der Waals surface area contributed by atoms with Gasteiger partial charge in [0.2, 0.25) is 0 Å². The minimum Gasteiger partial charge on any atom is -0.468 e. The normalized spacial score (nSPS) is 27.5. The van der Waals surface area contributed by atoms with Crippen LogP contribution in [0.5, 0.6) is 0 Å². The molecule has 2 atom stereocenters. The van der Waals surface area contributed by atoms with Gasteiger partial charge in [-0.25, -0.2) is 0 Å². The van der Waals surface area contributed by atoms with Gasteiger partial charge in [-0.15, -0.1) is 0 Å². The summed E-state index contributed by atoms with van der Waals surface area (Å²) < 4.78 is 5.03. The van der Waals surface area contributed by atoms with Gasteiger partial charge < -0.3 is 10.1 Å². The Morgan fingerprint density at radius 3 is 3.00 bits per heavy atom. The predicted octanol–water partition coefficient (Wildman–Crippen LogP) is 1.18. The molecule has 0 bridgehead atoms. The van der Waals surface area contributed by atoms with E-state index in [0.29, 0.717) is 5.92 Å². The van der Waals surface area contributed by atoms with E-state index in [1.807, 2.05) is 0 Å². The lowest BCUT2D eigenvalue weighted by molar-refractivity contribution is -0.149. The fraction of sp³-hybridized carbons (Fsp3) is 0.786. The number of hydrogen-bond acceptors (Lipinski definition) is 4. The van der Waals surface area contributed by atoms with Crippen LogP contribution in [0.1, 0.15) is 25.7 Å². The van der Waals surface area contributed by atoms with E-state index in [2.05, 4.69) is 22.4 Å². The Morgan fingerprint density at radius 1 is 1.39 bits per heavy atom. The topological polar surface area (TPSA) is 41.6 Å². The third-order valence-corrected chi connectivity index (χ3v) is 3.97. The van der Waals surface area contributed by atoms with E-state index in [9.17, 15) is 4.79 Å². The lowest BCUT2D eigenvalue weighted by Gasteiger charge is -2.34. The molecule has 0 amide bonds. The summed E-state index contributed by atoms with van der Waals surface area (Å²) in [5.74, 6) is 0.359. The molecule has 4 nitrogen and oxygen atoms in total. The van der Waals surface area contributed by atoms with Gasteiger partial charge in [0, 0.05) is 19.6 Å². The van der Waals surface area contributed by atoms with Crippen LogP contribution in [0.2, 0.25) is 0 Å². The monoisotopic (exact) mass is 252 g/mol. The van der Waals surface area contributed by atoms with Gasteiger partial charge in [-0.05, 0) is 38.1 Å². The molecule has 102 valence electrons. The fourth-order valence-electron chi connectivity index (χ4n) is 3.01. The lowest BCUT2D eigenvalue weighted by Crippen LogP contribution is -2.48. The predicted molar refractivity (Wildman–Crippen MR) is 71.3 cm³/mol. The molecular formula is C14H24N2O2. The Kier molecular flexibility index (Phi) is 5.20. The van der Waals surface area contributed by atoms with Crippen LogP contribution in [-0.4, -0.2) is 50.2 Å². The number of methoxy groups -OCH3 is 1. The highest BCUT2D eigenvalue weighted by atomic mass is 16.5. The first-order chi connectivity index (χ1) is 8.83. The molecule has 0 saturated carbocycles. The second kappa shape index (κ2) is 6.90. The molecule has 1 heterocycles. The summed E-state index contributed by atoms with van der Waals surface area (Å²) in [5, 5.41) is 3.38. The molecule has 18 heavy (non-hydrogen) atoms. The average molecular weight is 252 g/mol. The van der Waals surface area contributed by atoms with Crippen molar-refractivity contribution in [1.29, 1.82) is 0 Å². The maximum absolute atomic E-state index is 12.1. The molecule has 1 saturated heterocycles. The van der Waals surface area contributed by atoms with Crippen molar-refractivity contribution in [3.8, 4) is 0 Å². The maximum atomic E-state index is 12.1. The first-order valence-corrected chi connectivity index (χ1v) is 7.00. The first-order valence-electron chi connectivity index (χ1n) is 7.00. The van der Waals surface area contributed by atoms with Gasteiger partial charge in [0.05, 0.1) is 7.11 Å². The molecule has 1 aliphatic carbocycles. The summed E-state index contributed by atoms with van der Waals surface area (Å²) in [7, 11) is 1.50. The van der Waals surface area contributed by atoms with E-state index >= 15 is 0 Å². The zero-order chi connectivity index (χ0) is 12.8. The van der Waals surface area contributed by atoms with Gasteiger partial charge >= 0.3 is 5.97 Å². The molecule has 0 radical (unpaired) electrons. The number of allylic oxidation sites excluding steroid dienone is 2. The lowest BCUT2D eigenvalue weighted by atomic mass is 9.86. The van der Waals surface area contributed by atoms with E-state index in [1.165, 1.54) is 7.11 Å². The quantitative estimate of drug-likeness (QED) is 0.605. The van der Waals surface area contributed by atoms with Crippen molar-refractivity contribution in [1.82, 2.24) is 10.2 Å². The molecule has 0 aromatic carbocycles. The Labute approximate surface area is 109 Å². The van der Waals surface area contributed by atoms with E-state index < -0.39 is 0 Å². The summed E-state index contributed by atoms with van der Waals surface area (Å²) in [6.45, 7) is 3.96. The summed E-state index contributed by atoms with van der Waals surface area (Å²) in [6.07, 6.45) is 8.72. The van der Waals surface area contributed by atoms with E-state index in [4.69, 9.17) is 4.74 Å². The standard InChI is InChI=1S/C14H24N2O2/c1-18-14(17)13(12-6-3-2-4-7-12)16-10-5-8-15-9-11-16/h2-3,12-13,15H,4-11H2,1H3. The van der Waals surface area contributed by atoms with Crippen LogP contribution >= 0.6 is 0 Å². The molecule has 2 unspecified atom stereocenters. The van der Waals surface area contributed by atoms with Crippen molar-refractivity contribution >= 4 is 5.97 Å². The minimum absolute atomic E-state index is 0.0557. The molecule has 0 spiro atoms. The average Bonchev–Trinajstić information content (AvgIpc) is 2.69. The third-order valence-electron chi connectivity index (χ3n) is 3.97. The molecule has 0 aromatic heterocycles. The summed E-state index contributed by atoms with van der Waals surface area (Å²) in [5.41, 5.74) is 0. The van der Waals surface area contributed by atoms with Crippen molar-refractivity contribution in [2.24, 2.45) is 5.92 Å². The second-order valence-electron chi connectivity index (χ2n) is 5.15. The Balaban J connectivity index is 2.07. The van der Waals surface area contributed by atoms with Crippen LogP contribution in [0.15, 0.2) is 12.2 Å². The molecule has 2 rings (SSSR count). The Bertz CT molecular complexity index is 296.